The number of aryl methyl sites for hydroxylation is 1. The van der Waals surface area contributed by atoms with Crippen LogP contribution in [0.5, 0.6) is 5.75 Å². The van der Waals surface area contributed by atoms with Crippen molar-refractivity contribution in [2.45, 2.75) is 13.5 Å². The monoisotopic (exact) mass is 357 g/mol. The summed E-state index contributed by atoms with van der Waals surface area (Å²) in [6.07, 6.45) is 1.46. The van der Waals surface area contributed by atoms with Crippen LogP contribution in [-0.4, -0.2) is 20.2 Å². The van der Waals surface area contributed by atoms with Gasteiger partial charge < -0.3 is 4.74 Å². The van der Waals surface area contributed by atoms with Gasteiger partial charge in [0.2, 0.25) is 0 Å². The lowest BCUT2D eigenvalue weighted by Gasteiger charge is -2.09. The van der Waals surface area contributed by atoms with Crippen LogP contribution in [0.3, 0.4) is 0 Å². The molecular formula is C20H15N5O2. The van der Waals surface area contributed by atoms with Crippen molar-refractivity contribution < 1.29 is 4.74 Å². The Morgan fingerprint density at radius 3 is 2.74 bits per heavy atom. The molecule has 7 nitrogen and oxygen atoms in total. The van der Waals surface area contributed by atoms with Crippen molar-refractivity contribution in [3.05, 3.63) is 75.7 Å². The molecule has 0 bridgehead atoms. The molecule has 0 aliphatic heterocycles. The number of H-pyrrole nitrogens is 2. The van der Waals surface area contributed by atoms with Gasteiger partial charge in [-0.25, -0.2) is 9.97 Å². The summed E-state index contributed by atoms with van der Waals surface area (Å²) in [5, 5.41) is 15.0. The Morgan fingerprint density at radius 2 is 1.96 bits per heavy atom. The largest absolute Gasteiger partial charge is 0.488 e. The lowest BCUT2D eigenvalue weighted by atomic mass is 10.1. The highest BCUT2D eigenvalue weighted by Gasteiger charge is 2.11. The van der Waals surface area contributed by atoms with Gasteiger partial charge in [-0.3, -0.25) is 15.0 Å². The number of nitrogens with one attached hydrogen (secondary N) is 2. The Balaban J connectivity index is 1.61. The van der Waals surface area contributed by atoms with E-state index >= 15 is 0 Å². The first-order chi connectivity index (χ1) is 13.1. The van der Waals surface area contributed by atoms with Gasteiger partial charge in [-0.05, 0) is 30.7 Å². The molecule has 132 valence electrons. The molecule has 4 aromatic rings. The first-order valence-electron chi connectivity index (χ1n) is 8.30. The second-order valence-electron chi connectivity index (χ2n) is 6.13. The third-order valence-corrected chi connectivity index (χ3v) is 4.20. The molecule has 0 unspecified atom stereocenters. The second kappa shape index (κ2) is 6.77. The van der Waals surface area contributed by atoms with Crippen molar-refractivity contribution >= 4 is 11.0 Å². The van der Waals surface area contributed by atoms with Gasteiger partial charge in [0.1, 0.15) is 23.8 Å². The minimum Gasteiger partial charge on any atom is -0.488 e. The Kier molecular flexibility index (Phi) is 4.15. The molecule has 2 N–H and O–H groups in total. The summed E-state index contributed by atoms with van der Waals surface area (Å²) in [5.74, 6) is 0.914. The molecule has 0 fully saturated rings. The molecule has 0 spiro atoms. The van der Waals surface area contributed by atoms with E-state index in [4.69, 9.17) is 4.74 Å². The Morgan fingerprint density at radius 1 is 1.15 bits per heavy atom. The topological polar surface area (TPSA) is 107 Å². The van der Waals surface area contributed by atoms with Gasteiger partial charge in [0, 0.05) is 11.8 Å². The maximum Gasteiger partial charge on any atom is 0.275 e. The van der Waals surface area contributed by atoms with Gasteiger partial charge >= 0.3 is 0 Å². The quantitative estimate of drug-likeness (QED) is 0.583. The summed E-state index contributed by atoms with van der Waals surface area (Å²) >= 11 is 0. The van der Waals surface area contributed by atoms with Crippen molar-refractivity contribution in [1.82, 2.24) is 20.2 Å². The van der Waals surface area contributed by atoms with E-state index in [0.29, 0.717) is 40.3 Å². The number of hydrogen-bond donors (Lipinski definition) is 2. The van der Waals surface area contributed by atoms with E-state index in [2.05, 4.69) is 26.2 Å². The van der Waals surface area contributed by atoms with Crippen LogP contribution in [-0.2, 0) is 6.61 Å². The van der Waals surface area contributed by atoms with Crippen LogP contribution in [0.25, 0.3) is 22.4 Å². The van der Waals surface area contributed by atoms with E-state index in [1.807, 2.05) is 31.2 Å². The van der Waals surface area contributed by atoms with Gasteiger partial charge in [-0.1, -0.05) is 29.8 Å². The van der Waals surface area contributed by atoms with Crippen LogP contribution >= 0.6 is 0 Å². The van der Waals surface area contributed by atoms with E-state index in [-0.39, 0.29) is 5.56 Å². The number of nitrogens with zero attached hydrogens (tertiary/aromatic N) is 3. The Hall–Kier alpha value is -3.92. The summed E-state index contributed by atoms with van der Waals surface area (Å²) in [4.78, 5) is 20.1. The summed E-state index contributed by atoms with van der Waals surface area (Å²) in [6.45, 7) is 2.40. The average Bonchev–Trinajstić information content (AvgIpc) is 3.07. The minimum atomic E-state index is -0.269. The molecule has 0 amide bonds. The third kappa shape index (κ3) is 3.28. The van der Waals surface area contributed by atoms with Gasteiger partial charge in [0.25, 0.3) is 5.56 Å². The first kappa shape index (κ1) is 16.5. The summed E-state index contributed by atoms with van der Waals surface area (Å²) in [7, 11) is 0. The molecule has 7 heteroatoms. The maximum atomic E-state index is 11.6. The molecule has 0 aliphatic carbocycles. The van der Waals surface area contributed by atoms with E-state index < -0.39 is 0 Å². The normalized spacial score (nSPS) is 10.7. The van der Waals surface area contributed by atoms with Crippen molar-refractivity contribution in [2.75, 3.05) is 0 Å². The molecule has 4 rings (SSSR count). The fraction of sp³-hybridized carbons (Fsp3) is 0.100. The van der Waals surface area contributed by atoms with E-state index in [1.165, 1.54) is 11.8 Å². The SMILES string of the molecule is Cc1ccc(COc2ccc(-c3ncc4c(=O)[nH][nH]c4n3)cc2C#N)cc1. The van der Waals surface area contributed by atoms with Crippen molar-refractivity contribution in [2.24, 2.45) is 0 Å². The zero-order valence-corrected chi connectivity index (χ0v) is 14.5. The van der Waals surface area contributed by atoms with E-state index in [9.17, 15) is 10.1 Å². The molecule has 0 saturated carbocycles. The van der Waals surface area contributed by atoms with Gasteiger partial charge in [-0.15, -0.1) is 0 Å². The molecule has 0 radical (unpaired) electrons. The second-order valence-corrected chi connectivity index (χ2v) is 6.13. The van der Waals surface area contributed by atoms with Crippen LogP contribution in [0.1, 0.15) is 16.7 Å². The summed E-state index contributed by atoms with van der Waals surface area (Å²) < 4.78 is 5.80. The predicted molar refractivity (Wildman–Crippen MR) is 100 cm³/mol. The van der Waals surface area contributed by atoms with Crippen molar-refractivity contribution in [3.63, 3.8) is 0 Å². The van der Waals surface area contributed by atoms with E-state index in [1.54, 1.807) is 18.2 Å². The van der Waals surface area contributed by atoms with Crippen LogP contribution in [0.4, 0.5) is 0 Å². The van der Waals surface area contributed by atoms with Crippen molar-refractivity contribution in [3.8, 4) is 23.2 Å². The molecule has 27 heavy (non-hydrogen) atoms. The number of nitriles is 1. The fourth-order valence-electron chi connectivity index (χ4n) is 2.69. The lowest BCUT2D eigenvalue weighted by Crippen LogP contribution is -1.99. The lowest BCUT2D eigenvalue weighted by molar-refractivity contribution is 0.305. The van der Waals surface area contributed by atoms with Crippen LogP contribution in [0, 0.1) is 18.3 Å². The van der Waals surface area contributed by atoms with Gasteiger partial charge in [0.15, 0.2) is 11.5 Å². The highest BCUT2D eigenvalue weighted by molar-refractivity contribution is 5.75. The third-order valence-electron chi connectivity index (χ3n) is 4.20. The average molecular weight is 357 g/mol. The molecule has 0 aliphatic rings. The van der Waals surface area contributed by atoms with Crippen molar-refractivity contribution in [1.29, 1.82) is 5.26 Å². The Bertz CT molecular complexity index is 1220. The predicted octanol–water partition coefficient (Wildman–Crippen LogP) is 3.07. The number of aromatic nitrogens is 4. The minimum absolute atomic E-state index is 0.269. The molecule has 2 aromatic carbocycles. The molecule has 2 heterocycles. The smallest absolute Gasteiger partial charge is 0.275 e. The number of aromatic amines is 2. The highest BCUT2D eigenvalue weighted by atomic mass is 16.5. The first-order valence-corrected chi connectivity index (χ1v) is 8.30. The zero-order valence-electron chi connectivity index (χ0n) is 14.5. The van der Waals surface area contributed by atoms with Gasteiger partial charge in [-0.2, -0.15) is 5.26 Å². The van der Waals surface area contributed by atoms with Gasteiger partial charge in [0.05, 0.1) is 5.56 Å². The van der Waals surface area contributed by atoms with E-state index in [0.717, 1.165) is 5.56 Å². The molecular weight excluding hydrogens is 342 g/mol. The van der Waals surface area contributed by atoms with Crippen LogP contribution in [0.2, 0.25) is 0 Å². The molecule has 0 saturated heterocycles. The number of rotatable bonds is 4. The highest BCUT2D eigenvalue weighted by Crippen LogP contribution is 2.25. The zero-order chi connectivity index (χ0) is 18.8. The number of hydrogen-bond acceptors (Lipinski definition) is 5. The summed E-state index contributed by atoms with van der Waals surface area (Å²) in [5.41, 5.74) is 3.42. The fourth-order valence-corrected chi connectivity index (χ4v) is 2.69. The number of fused-ring (bicyclic) bond motifs is 1. The molecule has 2 aromatic heterocycles. The van der Waals surface area contributed by atoms with Crippen LogP contribution < -0.4 is 10.3 Å². The standard InChI is InChI=1S/C20H15N5O2/c1-12-2-4-13(5-3-12)11-27-17-7-6-14(8-15(17)9-21)18-22-10-16-19(23-18)24-25-20(16)26/h2-8,10H,11H2,1H3,(H2,22,23,24,25,26). The molecule has 0 atom stereocenters. The Labute approximate surface area is 154 Å². The number of benzene rings is 2. The number of ether oxygens (including phenoxy) is 1. The maximum absolute atomic E-state index is 11.6. The summed E-state index contributed by atoms with van der Waals surface area (Å²) in [6, 6.07) is 15.4. The van der Waals surface area contributed by atoms with Crippen LogP contribution in [0.15, 0.2) is 53.5 Å².